The summed E-state index contributed by atoms with van der Waals surface area (Å²) >= 11 is 0. The van der Waals surface area contributed by atoms with Gasteiger partial charge in [0.15, 0.2) is 0 Å². The van der Waals surface area contributed by atoms with Crippen molar-refractivity contribution in [2.75, 3.05) is 19.6 Å². The summed E-state index contributed by atoms with van der Waals surface area (Å²) in [7, 11) is 0. The summed E-state index contributed by atoms with van der Waals surface area (Å²) in [6.45, 7) is 1.85. The first-order valence-corrected chi connectivity index (χ1v) is 11.9. The molecule has 4 nitrogen and oxygen atoms in total. The van der Waals surface area contributed by atoms with E-state index in [1.807, 2.05) is 29.2 Å². The van der Waals surface area contributed by atoms with Gasteiger partial charge in [-0.3, -0.25) is 9.59 Å². The van der Waals surface area contributed by atoms with Crippen molar-refractivity contribution in [1.82, 2.24) is 10.2 Å². The smallest absolute Gasteiger partial charge is 0.233 e. The quantitative estimate of drug-likeness (QED) is 0.771. The Kier molecular flexibility index (Phi) is 5.52. The lowest BCUT2D eigenvalue weighted by atomic mass is 9.62. The third-order valence-corrected chi connectivity index (χ3v) is 8.25. The standard InChI is InChI=1S/C27H31FN2O2/c28-22-10-6-7-20(17-22)23-19-29-24(31)18-26(23)13-15-30(16-14-26)25(32)27(11-4-5-12-27)21-8-2-1-3-9-21/h1-3,6-10,17,23H,4-5,11-16,18-19H2,(H,29,31)/t23-/m0/s1. The molecule has 1 saturated carbocycles. The molecule has 2 aromatic rings. The van der Waals surface area contributed by atoms with Gasteiger partial charge in [-0.1, -0.05) is 55.3 Å². The molecule has 2 aliphatic heterocycles. The van der Waals surface area contributed by atoms with Crippen LogP contribution in [-0.4, -0.2) is 36.3 Å². The molecular formula is C27H31FN2O2. The van der Waals surface area contributed by atoms with Crippen molar-refractivity contribution >= 4 is 11.8 Å². The van der Waals surface area contributed by atoms with E-state index in [-0.39, 0.29) is 29.0 Å². The third kappa shape index (κ3) is 3.62. The van der Waals surface area contributed by atoms with Crippen molar-refractivity contribution in [1.29, 1.82) is 0 Å². The molecule has 1 atom stereocenters. The molecule has 32 heavy (non-hydrogen) atoms. The third-order valence-electron chi connectivity index (χ3n) is 8.25. The Morgan fingerprint density at radius 3 is 2.38 bits per heavy atom. The number of hydrogen-bond acceptors (Lipinski definition) is 2. The summed E-state index contributed by atoms with van der Waals surface area (Å²) in [6.07, 6.45) is 5.98. The fourth-order valence-corrected chi connectivity index (χ4v) is 6.48. The van der Waals surface area contributed by atoms with E-state index in [9.17, 15) is 14.0 Å². The molecule has 3 aliphatic rings. The fraction of sp³-hybridized carbons (Fsp3) is 0.481. The fourth-order valence-electron chi connectivity index (χ4n) is 6.48. The van der Waals surface area contributed by atoms with E-state index in [2.05, 4.69) is 17.4 Å². The van der Waals surface area contributed by atoms with Crippen LogP contribution < -0.4 is 5.32 Å². The van der Waals surface area contributed by atoms with Crippen molar-refractivity contribution in [3.05, 3.63) is 71.5 Å². The Hall–Kier alpha value is -2.69. The van der Waals surface area contributed by atoms with Crippen molar-refractivity contribution < 1.29 is 14.0 Å². The first-order chi connectivity index (χ1) is 15.5. The number of carbonyl (C=O) groups is 2. The van der Waals surface area contributed by atoms with Crippen LogP contribution in [0, 0.1) is 11.2 Å². The van der Waals surface area contributed by atoms with Crippen LogP contribution >= 0.6 is 0 Å². The molecule has 5 heteroatoms. The van der Waals surface area contributed by atoms with E-state index >= 15 is 0 Å². The maximum Gasteiger partial charge on any atom is 0.233 e. The minimum absolute atomic E-state index is 0.0639. The zero-order valence-corrected chi connectivity index (χ0v) is 18.5. The highest BCUT2D eigenvalue weighted by Crippen LogP contribution is 2.50. The molecule has 0 radical (unpaired) electrons. The van der Waals surface area contributed by atoms with Crippen molar-refractivity contribution in [2.45, 2.75) is 56.3 Å². The summed E-state index contributed by atoms with van der Waals surface area (Å²) in [6, 6.07) is 17.0. The monoisotopic (exact) mass is 434 g/mol. The number of halogens is 1. The van der Waals surface area contributed by atoms with E-state index in [1.165, 1.54) is 6.07 Å². The average molecular weight is 435 g/mol. The largest absolute Gasteiger partial charge is 0.355 e. The molecule has 2 amide bonds. The number of likely N-dealkylation sites (tertiary alicyclic amines) is 1. The van der Waals surface area contributed by atoms with Gasteiger partial charge in [-0.15, -0.1) is 0 Å². The molecule has 1 aliphatic carbocycles. The van der Waals surface area contributed by atoms with Crippen LogP contribution in [0.1, 0.15) is 62.0 Å². The molecule has 0 aromatic heterocycles. The average Bonchev–Trinajstić information content (AvgIpc) is 3.31. The first kappa shape index (κ1) is 21.2. The lowest BCUT2D eigenvalue weighted by Crippen LogP contribution is -2.55. The molecule has 5 rings (SSSR count). The molecule has 1 spiro atoms. The maximum absolute atomic E-state index is 14.0. The number of nitrogens with one attached hydrogen (secondary N) is 1. The van der Waals surface area contributed by atoms with Crippen molar-refractivity contribution in [3.63, 3.8) is 0 Å². The second-order valence-corrected chi connectivity index (χ2v) is 9.90. The van der Waals surface area contributed by atoms with Crippen LogP contribution in [-0.2, 0) is 15.0 Å². The molecule has 0 bridgehead atoms. The molecule has 0 unspecified atom stereocenters. The lowest BCUT2D eigenvalue weighted by Gasteiger charge is -2.50. The topological polar surface area (TPSA) is 49.4 Å². The van der Waals surface area contributed by atoms with E-state index in [1.54, 1.807) is 12.1 Å². The van der Waals surface area contributed by atoms with Crippen LogP contribution in [0.25, 0.3) is 0 Å². The van der Waals surface area contributed by atoms with Gasteiger partial charge in [-0.2, -0.15) is 0 Å². The Morgan fingerprint density at radius 1 is 0.969 bits per heavy atom. The molecular weight excluding hydrogens is 403 g/mol. The molecule has 1 N–H and O–H groups in total. The molecule has 2 heterocycles. The molecule has 2 aromatic carbocycles. The Labute approximate surface area is 189 Å². The summed E-state index contributed by atoms with van der Waals surface area (Å²) in [5.74, 6) is 0.142. The van der Waals surface area contributed by atoms with Gasteiger partial charge in [0.25, 0.3) is 0 Å². The second kappa shape index (κ2) is 8.34. The minimum Gasteiger partial charge on any atom is -0.355 e. The van der Waals surface area contributed by atoms with Gasteiger partial charge in [0.2, 0.25) is 11.8 Å². The number of rotatable bonds is 3. The first-order valence-electron chi connectivity index (χ1n) is 11.9. The van der Waals surface area contributed by atoms with Gasteiger partial charge in [-0.05, 0) is 54.4 Å². The van der Waals surface area contributed by atoms with Gasteiger partial charge in [0, 0.05) is 32.0 Å². The number of amides is 2. The number of nitrogens with zero attached hydrogens (tertiary/aromatic N) is 1. The zero-order chi connectivity index (χ0) is 22.2. The van der Waals surface area contributed by atoms with E-state index in [0.717, 1.165) is 49.7 Å². The predicted molar refractivity (Wildman–Crippen MR) is 122 cm³/mol. The summed E-state index contributed by atoms with van der Waals surface area (Å²) in [4.78, 5) is 28.3. The summed E-state index contributed by atoms with van der Waals surface area (Å²) < 4.78 is 14.0. The second-order valence-electron chi connectivity index (χ2n) is 9.90. The van der Waals surface area contributed by atoms with Crippen LogP contribution in [0.2, 0.25) is 0 Å². The van der Waals surface area contributed by atoms with Crippen LogP contribution in [0.3, 0.4) is 0 Å². The van der Waals surface area contributed by atoms with Crippen LogP contribution in [0.15, 0.2) is 54.6 Å². The highest BCUT2D eigenvalue weighted by molar-refractivity contribution is 5.89. The number of carbonyl (C=O) groups excluding carboxylic acids is 2. The van der Waals surface area contributed by atoms with Crippen LogP contribution in [0.5, 0.6) is 0 Å². The molecule has 3 fully saturated rings. The highest BCUT2D eigenvalue weighted by atomic mass is 19.1. The Morgan fingerprint density at radius 2 is 1.69 bits per heavy atom. The number of benzene rings is 2. The molecule has 2 saturated heterocycles. The predicted octanol–water partition coefficient (Wildman–Crippen LogP) is 4.55. The summed E-state index contributed by atoms with van der Waals surface area (Å²) in [5, 5.41) is 2.99. The van der Waals surface area contributed by atoms with Crippen molar-refractivity contribution in [2.24, 2.45) is 5.41 Å². The summed E-state index contributed by atoms with van der Waals surface area (Å²) in [5.41, 5.74) is 1.46. The zero-order valence-electron chi connectivity index (χ0n) is 18.5. The van der Waals surface area contributed by atoms with E-state index in [0.29, 0.717) is 26.1 Å². The van der Waals surface area contributed by atoms with Gasteiger partial charge < -0.3 is 10.2 Å². The lowest BCUT2D eigenvalue weighted by molar-refractivity contribution is -0.141. The number of piperidine rings is 2. The van der Waals surface area contributed by atoms with E-state index in [4.69, 9.17) is 0 Å². The van der Waals surface area contributed by atoms with Crippen molar-refractivity contribution in [3.8, 4) is 0 Å². The maximum atomic E-state index is 14.0. The Balaban J connectivity index is 1.38. The van der Waals surface area contributed by atoms with Gasteiger partial charge in [-0.25, -0.2) is 4.39 Å². The minimum atomic E-state index is -0.405. The highest BCUT2D eigenvalue weighted by Gasteiger charge is 2.50. The van der Waals surface area contributed by atoms with Gasteiger partial charge in [0.05, 0.1) is 5.41 Å². The van der Waals surface area contributed by atoms with E-state index < -0.39 is 5.41 Å². The van der Waals surface area contributed by atoms with Gasteiger partial charge >= 0.3 is 0 Å². The Bertz CT molecular complexity index is 992. The normalized spacial score (nSPS) is 24.3. The number of hydrogen-bond donors (Lipinski definition) is 1. The SMILES string of the molecule is O=C1CC2(CCN(C(=O)C3(c4ccccc4)CCCC3)CC2)[C@H](c2cccc(F)c2)CN1. The van der Waals surface area contributed by atoms with Crippen LogP contribution in [0.4, 0.5) is 4.39 Å². The molecule has 168 valence electrons. The van der Waals surface area contributed by atoms with Gasteiger partial charge in [0.1, 0.15) is 5.82 Å².